The van der Waals surface area contributed by atoms with Gasteiger partial charge >= 0.3 is 0 Å². The molecule has 2 rings (SSSR count). The van der Waals surface area contributed by atoms with Crippen molar-refractivity contribution in [2.75, 3.05) is 6.54 Å². The van der Waals surface area contributed by atoms with Crippen LogP contribution in [0.1, 0.15) is 24.1 Å². The first kappa shape index (κ1) is 15.1. The number of rotatable bonds is 5. The van der Waals surface area contributed by atoms with Crippen LogP contribution in [0, 0.1) is 11.6 Å². The molecule has 0 aliphatic heterocycles. The fourth-order valence-corrected chi connectivity index (χ4v) is 2.48. The second kappa shape index (κ2) is 6.90. The second-order valence-corrected chi connectivity index (χ2v) is 5.40. The van der Waals surface area contributed by atoms with Gasteiger partial charge in [-0.15, -0.1) is 0 Å². The summed E-state index contributed by atoms with van der Waals surface area (Å²) in [5, 5.41) is 3.27. The lowest BCUT2D eigenvalue weighted by Crippen LogP contribution is -2.23. The Balaban J connectivity index is 2.27. The van der Waals surface area contributed by atoms with Gasteiger partial charge in [-0.05, 0) is 64.3 Å². The van der Waals surface area contributed by atoms with E-state index in [1.54, 1.807) is 12.4 Å². The van der Waals surface area contributed by atoms with Crippen LogP contribution in [-0.4, -0.2) is 11.5 Å². The Hall–Kier alpha value is -1.33. The Bertz CT molecular complexity index is 590. The smallest absolute Gasteiger partial charge is 0.126 e. The molecule has 0 bridgehead atoms. The lowest BCUT2D eigenvalue weighted by molar-refractivity contribution is 0.521. The van der Waals surface area contributed by atoms with Crippen LogP contribution in [0.3, 0.4) is 0 Å². The van der Waals surface area contributed by atoms with Gasteiger partial charge in [0, 0.05) is 22.9 Å². The van der Waals surface area contributed by atoms with Gasteiger partial charge in [0.05, 0.1) is 0 Å². The highest BCUT2D eigenvalue weighted by Gasteiger charge is 2.15. The number of hydrogen-bond acceptors (Lipinski definition) is 2. The molecule has 0 aliphatic rings. The molecule has 0 fully saturated rings. The third kappa shape index (κ3) is 3.84. The summed E-state index contributed by atoms with van der Waals surface area (Å²) in [6, 6.07) is 5.35. The first-order valence-electron chi connectivity index (χ1n) is 6.38. The van der Waals surface area contributed by atoms with Crippen LogP contribution < -0.4 is 5.32 Å². The van der Waals surface area contributed by atoms with Crippen LogP contribution in [0.25, 0.3) is 0 Å². The number of nitrogens with one attached hydrogen (secondary N) is 1. The summed E-state index contributed by atoms with van der Waals surface area (Å²) in [7, 11) is 0. The Morgan fingerprint density at radius 2 is 2.05 bits per heavy atom. The summed E-state index contributed by atoms with van der Waals surface area (Å²) >= 11 is 3.37. The Labute approximate surface area is 125 Å². The summed E-state index contributed by atoms with van der Waals surface area (Å²) in [5.74, 6) is -0.818. The van der Waals surface area contributed by atoms with Gasteiger partial charge in [-0.2, -0.15) is 0 Å². The van der Waals surface area contributed by atoms with Gasteiger partial charge in [0.15, 0.2) is 0 Å². The van der Waals surface area contributed by atoms with Crippen molar-refractivity contribution < 1.29 is 8.78 Å². The maximum absolute atomic E-state index is 13.7. The standard InChI is InChI=1S/C15H15BrF2N2/c1-2-20-15(11-5-12(16)9-19-8-11)7-10-6-13(17)3-4-14(10)18/h3-6,8-9,15,20H,2,7H2,1H3. The summed E-state index contributed by atoms with van der Waals surface area (Å²) in [4.78, 5) is 4.11. The molecule has 2 aromatic rings. The van der Waals surface area contributed by atoms with E-state index >= 15 is 0 Å². The van der Waals surface area contributed by atoms with E-state index in [0.29, 0.717) is 12.0 Å². The third-order valence-electron chi connectivity index (χ3n) is 3.01. The van der Waals surface area contributed by atoms with E-state index in [0.717, 1.165) is 28.7 Å². The van der Waals surface area contributed by atoms with Gasteiger partial charge in [0.1, 0.15) is 11.6 Å². The van der Waals surface area contributed by atoms with Crippen molar-refractivity contribution in [1.82, 2.24) is 10.3 Å². The normalized spacial score (nSPS) is 12.4. The number of halogens is 3. The fourth-order valence-electron chi connectivity index (χ4n) is 2.09. The maximum atomic E-state index is 13.7. The van der Waals surface area contributed by atoms with Crippen LogP contribution in [-0.2, 0) is 6.42 Å². The minimum absolute atomic E-state index is 0.110. The van der Waals surface area contributed by atoms with Crippen molar-refractivity contribution in [1.29, 1.82) is 0 Å². The highest BCUT2D eigenvalue weighted by molar-refractivity contribution is 9.10. The molecule has 5 heteroatoms. The molecule has 1 aromatic heterocycles. The van der Waals surface area contributed by atoms with Crippen molar-refractivity contribution >= 4 is 15.9 Å². The average Bonchev–Trinajstić information content (AvgIpc) is 2.42. The van der Waals surface area contributed by atoms with Crippen LogP contribution in [0.4, 0.5) is 8.78 Å². The van der Waals surface area contributed by atoms with E-state index in [1.807, 2.05) is 13.0 Å². The van der Waals surface area contributed by atoms with Crippen molar-refractivity contribution in [3.05, 3.63) is 63.9 Å². The van der Waals surface area contributed by atoms with Gasteiger partial charge in [0.25, 0.3) is 0 Å². The zero-order chi connectivity index (χ0) is 14.5. The highest BCUT2D eigenvalue weighted by atomic mass is 79.9. The molecule has 1 heterocycles. The molecule has 0 saturated heterocycles. The van der Waals surface area contributed by atoms with Gasteiger partial charge in [0.2, 0.25) is 0 Å². The summed E-state index contributed by atoms with van der Waals surface area (Å²) in [5.41, 5.74) is 1.29. The predicted molar refractivity (Wildman–Crippen MR) is 78.4 cm³/mol. The monoisotopic (exact) mass is 340 g/mol. The van der Waals surface area contributed by atoms with E-state index < -0.39 is 11.6 Å². The Morgan fingerprint density at radius 1 is 1.25 bits per heavy atom. The van der Waals surface area contributed by atoms with Crippen molar-refractivity contribution in [2.45, 2.75) is 19.4 Å². The second-order valence-electron chi connectivity index (χ2n) is 4.49. The largest absolute Gasteiger partial charge is 0.310 e. The van der Waals surface area contributed by atoms with Gasteiger partial charge in [-0.3, -0.25) is 4.98 Å². The van der Waals surface area contributed by atoms with Crippen molar-refractivity contribution in [3.63, 3.8) is 0 Å². The fraction of sp³-hybridized carbons (Fsp3) is 0.267. The number of nitrogens with zero attached hydrogens (tertiary/aromatic N) is 1. The Morgan fingerprint density at radius 3 is 2.75 bits per heavy atom. The van der Waals surface area contributed by atoms with Crippen LogP contribution in [0.15, 0.2) is 41.1 Å². The molecular weight excluding hydrogens is 326 g/mol. The van der Waals surface area contributed by atoms with Crippen molar-refractivity contribution in [2.24, 2.45) is 0 Å². The molecule has 2 nitrogen and oxygen atoms in total. The minimum Gasteiger partial charge on any atom is -0.310 e. The van der Waals surface area contributed by atoms with Gasteiger partial charge in [-0.25, -0.2) is 8.78 Å². The van der Waals surface area contributed by atoms with E-state index in [1.165, 1.54) is 6.07 Å². The maximum Gasteiger partial charge on any atom is 0.126 e. The minimum atomic E-state index is -0.427. The van der Waals surface area contributed by atoms with E-state index in [9.17, 15) is 8.78 Å². The molecule has 0 spiro atoms. The molecule has 20 heavy (non-hydrogen) atoms. The zero-order valence-electron chi connectivity index (χ0n) is 11.0. The average molecular weight is 341 g/mol. The summed E-state index contributed by atoms with van der Waals surface area (Å²) in [6.45, 7) is 2.70. The van der Waals surface area contributed by atoms with Gasteiger partial charge < -0.3 is 5.32 Å². The van der Waals surface area contributed by atoms with Crippen LogP contribution in [0.2, 0.25) is 0 Å². The molecule has 1 unspecified atom stereocenters. The lowest BCUT2D eigenvalue weighted by atomic mass is 9.99. The molecule has 1 N–H and O–H groups in total. The summed E-state index contributed by atoms with van der Waals surface area (Å²) < 4.78 is 27.8. The zero-order valence-corrected chi connectivity index (χ0v) is 12.6. The molecule has 0 radical (unpaired) electrons. The molecule has 0 aliphatic carbocycles. The number of pyridine rings is 1. The number of benzene rings is 1. The topological polar surface area (TPSA) is 24.9 Å². The first-order chi connectivity index (χ1) is 9.60. The number of aromatic nitrogens is 1. The SMILES string of the molecule is CCNC(Cc1cc(F)ccc1F)c1cncc(Br)c1. The lowest BCUT2D eigenvalue weighted by Gasteiger charge is -2.18. The molecule has 106 valence electrons. The third-order valence-corrected chi connectivity index (χ3v) is 3.44. The molecule has 1 atom stereocenters. The predicted octanol–water partition coefficient (Wildman–Crippen LogP) is 4.02. The van der Waals surface area contributed by atoms with E-state index in [2.05, 4.69) is 26.2 Å². The van der Waals surface area contributed by atoms with Gasteiger partial charge in [-0.1, -0.05) is 6.92 Å². The van der Waals surface area contributed by atoms with E-state index in [4.69, 9.17) is 0 Å². The molecular formula is C15H15BrF2N2. The molecule has 0 amide bonds. The van der Waals surface area contributed by atoms with Crippen LogP contribution in [0.5, 0.6) is 0 Å². The van der Waals surface area contributed by atoms with Crippen molar-refractivity contribution in [3.8, 4) is 0 Å². The summed E-state index contributed by atoms with van der Waals surface area (Å²) in [6.07, 6.45) is 3.79. The van der Waals surface area contributed by atoms with E-state index in [-0.39, 0.29) is 6.04 Å². The van der Waals surface area contributed by atoms with Crippen LogP contribution >= 0.6 is 15.9 Å². The molecule has 1 aromatic carbocycles. The highest BCUT2D eigenvalue weighted by Crippen LogP contribution is 2.22. The molecule has 0 saturated carbocycles. The quantitative estimate of drug-likeness (QED) is 0.889. The first-order valence-corrected chi connectivity index (χ1v) is 7.17. The number of hydrogen-bond donors (Lipinski definition) is 1. The Kier molecular flexibility index (Phi) is 5.20. The number of likely N-dealkylation sites (N-methyl/N-ethyl adjacent to an activating group) is 1.